The maximum absolute atomic E-state index is 4.64. The monoisotopic (exact) mass is 348 g/mol. The average Bonchev–Trinajstić information content (AvgIpc) is 3.22. The van der Waals surface area contributed by atoms with Crippen LogP contribution in [0.1, 0.15) is 11.4 Å². The number of anilines is 1. The highest BCUT2D eigenvalue weighted by Gasteiger charge is 2.19. The van der Waals surface area contributed by atoms with E-state index in [-0.39, 0.29) is 0 Å². The Morgan fingerprint density at radius 1 is 0.923 bits per heavy atom. The number of benzene rings is 1. The van der Waals surface area contributed by atoms with Crippen LogP contribution in [0.2, 0.25) is 0 Å². The Hall–Kier alpha value is -2.73. The molecule has 0 spiro atoms. The van der Waals surface area contributed by atoms with Crippen LogP contribution in [0.4, 0.5) is 5.82 Å². The molecule has 0 saturated carbocycles. The number of hydrogen-bond donors (Lipinski definition) is 0. The number of aryl methyl sites for hydroxylation is 1. The summed E-state index contributed by atoms with van der Waals surface area (Å²) in [4.78, 5) is 14.0. The van der Waals surface area contributed by atoms with E-state index in [1.807, 2.05) is 25.3 Å². The molecule has 1 saturated heterocycles. The summed E-state index contributed by atoms with van der Waals surface area (Å²) in [7, 11) is 0. The highest BCUT2D eigenvalue weighted by atomic mass is 15.3. The van der Waals surface area contributed by atoms with Gasteiger partial charge in [-0.25, -0.2) is 14.6 Å². The van der Waals surface area contributed by atoms with Crippen LogP contribution in [0.3, 0.4) is 0 Å². The molecule has 0 radical (unpaired) electrons. The summed E-state index contributed by atoms with van der Waals surface area (Å²) in [5, 5.41) is 4.28. The van der Waals surface area contributed by atoms with Crippen LogP contribution in [0, 0.1) is 6.92 Å². The van der Waals surface area contributed by atoms with Gasteiger partial charge in [0, 0.05) is 51.2 Å². The molecule has 6 heteroatoms. The van der Waals surface area contributed by atoms with Crippen molar-refractivity contribution in [3.8, 4) is 5.82 Å². The predicted octanol–water partition coefficient (Wildman–Crippen LogP) is 2.34. The van der Waals surface area contributed by atoms with Crippen molar-refractivity contribution in [2.45, 2.75) is 13.3 Å². The van der Waals surface area contributed by atoms with E-state index in [0.29, 0.717) is 0 Å². The van der Waals surface area contributed by atoms with Gasteiger partial charge < -0.3 is 4.90 Å². The minimum absolute atomic E-state index is 0.777. The van der Waals surface area contributed by atoms with Gasteiger partial charge >= 0.3 is 0 Å². The summed E-state index contributed by atoms with van der Waals surface area (Å²) in [6.07, 6.45) is 4.78. The quantitative estimate of drug-likeness (QED) is 0.708. The lowest BCUT2D eigenvalue weighted by molar-refractivity contribution is 0.260. The van der Waals surface area contributed by atoms with Crippen LogP contribution in [-0.2, 0) is 6.42 Å². The van der Waals surface area contributed by atoms with Crippen LogP contribution < -0.4 is 4.90 Å². The van der Waals surface area contributed by atoms with Crippen molar-refractivity contribution >= 4 is 5.82 Å². The van der Waals surface area contributed by atoms with Crippen LogP contribution in [0.5, 0.6) is 0 Å². The van der Waals surface area contributed by atoms with E-state index in [0.717, 1.165) is 56.6 Å². The van der Waals surface area contributed by atoms with E-state index in [1.54, 1.807) is 10.9 Å². The molecule has 6 nitrogen and oxygen atoms in total. The van der Waals surface area contributed by atoms with E-state index in [9.17, 15) is 0 Å². The first-order valence-corrected chi connectivity index (χ1v) is 9.15. The first-order valence-electron chi connectivity index (χ1n) is 9.15. The van der Waals surface area contributed by atoms with E-state index in [2.05, 4.69) is 55.2 Å². The number of piperazine rings is 1. The summed E-state index contributed by atoms with van der Waals surface area (Å²) >= 11 is 0. The molecule has 1 aromatic carbocycles. The predicted molar refractivity (Wildman–Crippen MR) is 103 cm³/mol. The summed E-state index contributed by atoms with van der Waals surface area (Å²) in [6, 6.07) is 14.6. The van der Waals surface area contributed by atoms with Crippen molar-refractivity contribution in [2.24, 2.45) is 0 Å². The number of aromatic nitrogens is 4. The van der Waals surface area contributed by atoms with Crippen LogP contribution in [0.25, 0.3) is 5.82 Å². The second-order valence-corrected chi connectivity index (χ2v) is 6.65. The molecular formula is C20H24N6. The lowest BCUT2D eigenvalue weighted by Crippen LogP contribution is -2.47. The van der Waals surface area contributed by atoms with Gasteiger partial charge in [-0.3, -0.25) is 4.90 Å². The van der Waals surface area contributed by atoms with Crippen molar-refractivity contribution in [3.63, 3.8) is 0 Å². The van der Waals surface area contributed by atoms with Gasteiger partial charge in [0.2, 0.25) is 0 Å². The minimum atomic E-state index is 0.777. The molecule has 26 heavy (non-hydrogen) atoms. The molecule has 0 amide bonds. The maximum Gasteiger partial charge on any atom is 0.159 e. The lowest BCUT2D eigenvalue weighted by atomic mass is 10.1. The second kappa shape index (κ2) is 7.66. The Balaban J connectivity index is 1.37. The number of hydrogen-bond acceptors (Lipinski definition) is 5. The third-order valence-corrected chi connectivity index (χ3v) is 4.81. The molecule has 3 aromatic rings. The summed E-state index contributed by atoms with van der Waals surface area (Å²) in [5.41, 5.74) is 1.41. The van der Waals surface area contributed by atoms with Gasteiger partial charge in [-0.1, -0.05) is 30.3 Å². The zero-order valence-corrected chi connectivity index (χ0v) is 15.1. The Kier molecular flexibility index (Phi) is 4.93. The standard InChI is InChI=1S/C20H24N6/c1-17-22-19(16-20(23-17)26-10-5-9-21-26)25-14-12-24(13-15-25)11-8-18-6-3-2-4-7-18/h2-7,9-10,16H,8,11-15H2,1H3. The summed E-state index contributed by atoms with van der Waals surface area (Å²) < 4.78 is 1.79. The molecule has 1 fully saturated rings. The zero-order chi connectivity index (χ0) is 17.8. The molecule has 1 aliphatic heterocycles. The minimum Gasteiger partial charge on any atom is -0.354 e. The van der Waals surface area contributed by atoms with Crippen LogP contribution in [-0.4, -0.2) is 57.4 Å². The third-order valence-electron chi connectivity index (χ3n) is 4.81. The Morgan fingerprint density at radius 3 is 2.42 bits per heavy atom. The van der Waals surface area contributed by atoms with Gasteiger partial charge in [-0.2, -0.15) is 5.10 Å². The first kappa shape index (κ1) is 16.7. The smallest absolute Gasteiger partial charge is 0.159 e. The average molecular weight is 348 g/mol. The molecular weight excluding hydrogens is 324 g/mol. The van der Waals surface area contributed by atoms with Gasteiger partial charge in [-0.05, 0) is 25.0 Å². The fourth-order valence-corrected chi connectivity index (χ4v) is 3.35. The zero-order valence-electron chi connectivity index (χ0n) is 15.1. The molecule has 2 aromatic heterocycles. The van der Waals surface area contributed by atoms with Gasteiger partial charge in [-0.15, -0.1) is 0 Å². The highest BCUT2D eigenvalue weighted by molar-refractivity contribution is 5.44. The molecule has 0 bridgehead atoms. The largest absolute Gasteiger partial charge is 0.354 e. The van der Waals surface area contributed by atoms with E-state index >= 15 is 0 Å². The Morgan fingerprint density at radius 2 is 1.69 bits per heavy atom. The van der Waals surface area contributed by atoms with Crippen molar-refractivity contribution in [3.05, 3.63) is 66.2 Å². The second-order valence-electron chi connectivity index (χ2n) is 6.65. The van der Waals surface area contributed by atoms with Gasteiger partial charge in [0.1, 0.15) is 11.6 Å². The third kappa shape index (κ3) is 3.91. The fraction of sp³-hybridized carbons (Fsp3) is 0.350. The summed E-state index contributed by atoms with van der Waals surface area (Å²) in [5.74, 6) is 2.59. The Bertz CT molecular complexity index is 823. The maximum atomic E-state index is 4.64. The van der Waals surface area contributed by atoms with E-state index in [4.69, 9.17) is 0 Å². The molecule has 0 aliphatic carbocycles. The molecule has 3 heterocycles. The van der Waals surface area contributed by atoms with Gasteiger partial charge in [0.15, 0.2) is 5.82 Å². The van der Waals surface area contributed by atoms with Crippen LogP contribution in [0.15, 0.2) is 54.9 Å². The first-order chi connectivity index (χ1) is 12.8. The molecule has 0 N–H and O–H groups in total. The topological polar surface area (TPSA) is 50.1 Å². The highest BCUT2D eigenvalue weighted by Crippen LogP contribution is 2.17. The number of nitrogens with zero attached hydrogens (tertiary/aromatic N) is 6. The fourth-order valence-electron chi connectivity index (χ4n) is 3.35. The lowest BCUT2D eigenvalue weighted by Gasteiger charge is -2.35. The summed E-state index contributed by atoms with van der Waals surface area (Å²) in [6.45, 7) is 7.15. The van der Waals surface area contributed by atoms with E-state index in [1.165, 1.54) is 5.56 Å². The molecule has 134 valence electrons. The number of rotatable bonds is 5. The molecule has 0 atom stereocenters. The Labute approximate surface area is 154 Å². The van der Waals surface area contributed by atoms with Gasteiger partial charge in [0.25, 0.3) is 0 Å². The SMILES string of the molecule is Cc1nc(N2CCN(CCc3ccccc3)CC2)cc(-n2cccn2)n1. The van der Waals surface area contributed by atoms with Crippen molar-refractivity contribution < 1.29 is 0 Å². The normalized spacial score (nSPS) is 15.3. The van der Waals surface area contributed by atoms with Gasteiger partial charge in [0.05, 0.1) is 0 Å². The van der Waals surface area contributed by atoms with E-state index < -0.39 is 0 Å². The van der Waals surface area contributed by atoms with Crippen molar-refractivity contribution in [1.29, 1.82) is 0 Å². The molecule has 0 unspecified atom stereocenters. The van der Waals surface area contributed by atoms with Crippen molar-refractivity contribution in [2.75, 3.05) is 37.6 Å². The van der Waals surface area contributed by atoms with Crippen LogP contribution >= 0.6 is 0 Å². The van der Waals surface area contributed by atoms with Crippen molar-refractivity contribution in [1.82, 2.24) is 24.6 Å². The molecule has 1 aliphatic rings. The molecule has 4 rings (SSSR count).